The Hall–Kier alpha value is -2.69. The molecule has 1 aromatic heterocycles. The second-order valence-corrected chi connectivity index (χ2v) is 4.79. The Morgan fingerprint density at radius 1 is 1.19 bits per heavy atom. The summed E-state index contributed by atoms with van der Waals surface area (Å²) in [5, 5.41) is 11.6. The summed E-state index contributed by atoms with van der Waals surface area (Å²) in [6.07, 6.45) is 1.45. The number of carboxylic acid groups (broad SMARTS) is 1. The minimum Gasteiger partial charge on any atom is -0.477 e. The number of carboxylic acids is 1. The smallest absolute Gasteiger partial charge is 0.354 e. The minimum absolute atomic E-state index is 0.0143. The maximum absolute atomic E-state index is 12.1. The third kappa shape index (κ3) is 3.45. The molecule has 0 aliphatic heterocycles. The molecule has 0 aliphatic carbocycles. The van der Waals surface area contributed by atoms with Gasteiger partial charge in [0.2, 0.25) is 0 Å². The summed E-state index contributed by atoms with van der Waals surface area (Å²) >= 11 is 0. The fourth-order valence-corrected chi connectivity index (χ4v) is 1.93. The van der Waals surface area contributed by atoms with Crippen LogP contribution in [0.1, 0.15) is 37.5 Å². The maximum Gasteiger partial charge on any atom is 0.354 e. The van der Waals surface area contributed by atoms with Gasteiger partial charge in [-0.3, -0.25) is 4.79 Å². The fourth-order valence-electron chi connectivity index (χ4n) is 1.93. The van der Waals surface area contributed by atoms with E-state index in [9.17, 15) is 9.59 Å². The number of pyridine rings is 1. The van der Waals surface area contributed by atoms with Crippen LogP contribution < -0.4 is 5.32 Å². The van der Waals surface area contributed by atoms with Gasteiger partial charge in [-0.2, -0.15) is 0 Å². The highest BCUT2D eigenvalue weighted by atomic mass is 16.4. The number of benzene rings is 1. The molecule has 5 heteroatoms. The van der Waals surface area contributed by atoms with E-state index in [1.165, 1.54) is 12.3 Å². The van der Waals surface area contributed by atoms with E-state index < -0.39 is 5.97 Å². The van der Waals surface area contributed by atoms with Gasteiger partial charge in [-0.05, 0) is 42.7 Å². The van der Waals surface area contributed by atoms with Gasteiger partial charge in [-0.1, -0.05) is 18.2 Å². The van der Waals surface area contributed by atoms with Crippen molar-refractivity contribution in [3.63, 3.8) is 0 Å². The van der Waals surface area contributed by atoms with E-state index in [4.69, 9.17) is 5.11 Å². The zero-order chi connectivity index (χ0) is 15.4. The highest BCUT2D eigenvalue weighted by Gasteiger charge is 2.10. The van der Waals surface area contributed by atoms with E-state index in [0.717, 1.165) is 16.7 Å². The van der Waals surface area contributed by atoms with Crippen LogP contribution in [0.5, 0.6) is 0 Å². The van der Waals surface area contributed by atoms with Gasteiger partial charge in [0.15, 0.2) is 0 Å². The van der Waals surface area contributed by atoms with E-state index in [2.05, 4.69) is 10.3 Å². The zero-order valence-electron chi connectivity index (χ0n) is 11.9. The summed E-state index contributed by atoms with van der Waals surface area (Å²) in [6, 6.07) is 8.64. The average molecular weight is 284 g/mol. The summed E-state index contributed by atoms with van der Waals surface area (Å²) in [5.41, 5.74) is 3.40. The van der Waals surface area contributed by atoms with Gasteiger partial charge >= 0.3 is 5.97 Å². The second-order valence-electron chi connectivity index (χ2n) is 4.79. The number of carbonyl (C=O) groups excluding carboxylic acids is 1. The van der Waals surface area contributed by atoms with Crippen LogP contribution in [0.15, 0.2) is 36.5 Å². The number of hydrogen-bond acceptors (Lipinski definition) is 3. The summed E-state index contributed by atoms with van der Waals surface area (Å²) in [5.74, 6) is -1.22. The first-order valence-corrected chi connectivity index (χ1v) is 6.51. The van der Waals surface area contributed by atoms with Crippen molar-refractivity contribution >= 4 is 11.9 Å². The van der Waals surface area contributed by atoms with Crippen LogP contribution in [0.4, 0.5) is 0 Å². The molecule has 1 aromatic carbocycles. The molecule has 2 aromatic rings. The van der Waals surface area contributed by atoms with E-state index >= 15 is 0 Å². The van der Waals surface area contributed by atoms with Crippen LogP contribution >= 0.6 is 0 Å². The molecular formula is C16H16N2O3. The van der Waals surface area contributed by atoms with Gasteiger partial charge < -0.3 is 10.4 Å². The van der Waals surface area contributed by atoms with Crippen LogP contribution in [0.3, 0.4) is 0 Å². The molecule has 0 bridgehead atoms. The Morgan fingerprint density at radius 2 is 1.95 bits per heavy atom. The number of aryl methyl sites for hydroxylation is 1. The van der Waals surface area contributed by atoms with Crippen molar-refractivity contribution in [2.75, 3.05) is 0 Å². The molecule has 1 heterocycles. The monoisotopic (exact) mass is 284 g/mol. The van der Waals surface area contributed by atoms with Crippen molar-refractivity contribution in [3.05, 3.63) is 64.5 Å². The number of nitrogens with zero attached hydrogens (tertiary/aromatic N) is 1. The van der Waals surface area contributed by atoms with Crippen molar-refractivity contribution in [1.29, 1.82) is 0 Å². The molecule has 2 rings (SSSR count). The second kappa shape index (κ2) is 6.17. The van der Waals surface area contributed by atoms with Crippen molar-refractivity contribution in [3.8, 4) is 0 Å². The lowest BCUT2D eigenvalue weighted by Crippen LogP contribution is -2.24. The zero-order valence-corrected chi connectivity index (χ0v) is 11.9. The maximum atomic E-state index is 12.1. The number of aromatic nitrogens is 1. The lowest BCUT2D eigenvalue weighted by Gasteiger charge is -2.09. The first-order chi connectivity index (χ1) is 9.99. The summed E-state index contributed by atoms with van der Waals surface area (Å²) in [6.45, 7) is 4.17. The Bertz CT molecular complexity index is 678. The van der Waals surface area contributed by atoms with Crippen LogP contribution in [0, 0.1) is 13.8 Å². The molecule has 0 atom stereocenters. The molecular weight excluding hydrogens is 268 g/mol. The third-order valence-electron chi connectivity index (χ3n) is 3.35. The number of hydrogen-bond donors (Lipinski definition) is 2. The lowest BCUT2D eigenvalue weighted by atomic mass is 10.0. The highest BCUT2D eigenvalue weighted by molar-refractivity contribution is 5.95. The molecule has 0 fully saturated rings. The molecule has 0 radical (unpaired) electrons. The first kappa shape index (κ1) is 14.7. The van der Waals surface area contributed by atoms with Gasteiger partial charge in [0.05, 0.1) is 0 Å². The van der Waals surface area contributed by atoms with Crippen LogP contribution in [0.2, 0.25) is 0 Å². The standard InChI is InChI=1S/C16H16N2O3/c1-10-4-3-5-13(11(10)2)15(19)18-9-12-6-7-14(16(20)21)17-8-12/h3-8H,9H2,1-2H3,(H,18,19)(H,20,21). The third-order valence-corrected chi connectivity index (χ3v) is 3.35. The molecule has 0 spiro atoms. The molecule has 0 unspecified atom stereocenters. The van der Waals surface area contributed by atoms with Crippen molar-refractivity contribution in [2.45, 2.75) is 20.4 Å². The van der Waals surface area contributed by atoms with Crippen molar-refractivity contribution in [1.82, 2.24) is 10.3 Å². The summed E-state index contributed by atoms with van der Waals surface area (Å²) in [7, 11) is 0. The van der Waals surface area contributed by atoms with Crippen LogP contribution in [-0.4, -0.2) is 22.0 Å². The summed E-state index contributed by atoms with van der Waals surface area (Å²) < 4.78 is 0. The van der Waals surface area contributed by atoms with E-state index in [-0.39, 0.29) is 11.6 Å². The molecule has 2 N–H and O–H groups in total. The fraction of sp³-hybridized carbons (Fsp3) is 0.188. The highest BCUT2D eigenvalue weighted by Crippen LogP contribution is 2.12. The van der Waals surface area contributed by atoms with Gasteiger partial charge in [-0.25, -0.2) is 9.78 Å². The van der Waals surface area contributed by atoms with E-state index in [1.807, 2.05) is 26.0 Å². The number of carbonyl (C=O) groups is 2. The largest absolute Gasteiger partial charge is 0.477 e. The molecule has 108 valence electrons. The van der Waals surface area contributed by atoms with Gasteiger partial charge in [-0.15, -0.1) is 0 Å². The summed E-state index contributed by atoms with van der Waals surface area (Å²) in [4.78, 5) is 26.7. The van der Waals surface area contributed by atoms with Crippen LogP contribution in [-0.2, 0) is 6.54 Å². The average Bonchev–Trinajstić information content (AvgIpc) is 2.48. The number of amides is 1. The van der Waals surface area contributed by atoms with Crippen LogP contribution in [0.25, 0.3) is 0 Å². The Morgan fingerprint density at radius 3 is 2.57 bits per heavy atom. The molecule has 5 nitrogen and oxygen atoms in total. The number of nitrogens with one attached hydrogen (secondary N) is 1. The minimum atomic E-state index is -1.07. The molecule has 21 heavy (non-hydrogen) atoms. The molecule has 0 aliphatic rings. The molecule has 0 saturated carbocycles. The first-order valence-electron chi connectivity index (χ1n) is 6.51. The lowest BCUT2D eigenvalue weighted by molar-refractivity contribution is 0.0690. The van der Waals surface area contributed by atoms with Crippen molar-refractivity contribution < 1.29 is 14.7 Å². The predicted octanol–water partition coefficient (Wildman–Crippen LogP) is 2.33. The Balaban J connectivity index is 2.04. The normalized spacial score (nSPS) is 10.2. The quantitative estimate of drug-likeness (QED) is 0.903. The van der Waals surface area contributed by atoms with Gasteiger partial charge in [0.25, 0.3) is 5.91 Å². The van der Waals surface area contributed by atoms with E-state index in [1.54, 1.807) is 12.1 Å². The number of rotatable bonds is 4. The SMILES string of the molecule is Cc1cccc(C(=O)NCc2ccc(C(=O)O)nc2)c1C. The topological polar surface area (TPSA) is 79.3 Å². The molecule has 1 amide bonds. The van der Waals surface area contributed by atoms with E-state index in [0.29, 0.717) is 12.1 Å². The van der Waals surface area contributed by atoms with Gasteiger partial charge in [0, 0.05) is 18.3 Å². The Kier molecular flexibility index (Phi) is 4.33. The number of aromatic carboxylic acids is 1. The molecule has 0 saturated heterocycles. The Labute approximate surface area is 122 Å². The van der Waals surface area contributed by atoms with Crippen molar-refractivity contribution in [2.24, 2.45) is 0 Å². The predicted molar refractivity (Wildman–Crippen MR) is 78.3 cm³/mol. The van der Waals surface area contributed by atoms with Gasteiger partial charge in [0.1, 0.15) is 5.69 Å².